The van der Waals surface area contributed by atoms with Gasteiger partial charge in [0.1, 0.15) is 0 Å². The molecule has 2 aliphatic rings. The van der Waals surface area contributed by atoms with Gasteiger partial charge < -0.3 is 19.9 Å². The van der Waals surface area contributed by atoms with Gasteiger partial charge >= 0.3 is 6.03 Å². The zero-order valence-electron chi connectivity index (χ0n) is 15.1. The number of benzene rings is 1. The van der Waals surface area contributed by atoms with Crippen LogP contribution in [0, 0.1) is 0 Å². The molecule has 26 heavy (non-hydrogen) atoms. The summed E-state index contributed by atoms with van der Waals surface area (Å²) in [7, 11) is 0. The van der Waals surface area contributed by atoms with Gasteiger partial charge in [0, 0.05) is 43.5 Å². The normalized spacial score (nSPS) is 21.7. The zero-order valence-corrected chi connectivity index (χ0v) is 15.1. The van der Waals surface area contributed by atoms with Crippen LogP contribution in [-0.2, 0) is 4.74 Å². The van der Waals surface area contributed by atoms with Crippen LogP contribution in [0.1, 0.15) is 19.3 Å². The Kier molecular flexibility index (Phi) is 5.32. The van der Waals surface area contributed by atoms with E-state index >= 15 is 0 Å². The fourth-order valence-electron chi connectivity index (χ4n) is 3.79. The van der Waals surface area contributed by atoms with E-state index in [0.717, 1.165) is 55.8 Å². The van der Waals surface area contributed by atoms with Crippen LogP contribution in [0.25, 0.3) is 10.9 Å². The number of nitrogens with zero attached hydrogens (tertiary/aromatic N) is 3. The number of nitrogens with one attached hydrogen (secondary N) is 1. The lowest BCUT2D eigenvalue weighted by Crippen LogP contribution is -2.43. The monoisotopic (exact) mass is 354 g/mol. The summed E-state index contributed by atoms with van der Waals surface area (Å²) in [5, 5.41) is 4.09. The summed E-state index contributed by atoms with van der Waals surface area (Å²) in [6.45, 7) is 5.32. The third kappa shape index (κ3) is 4.14. The molecule has 0 spiro atoms. The van der Waals surface area contributed by atoms with Gasteiger partial charge in [-0.05, 0) is 50.6 Å². The van der Waals surface area contributed by atoms with Gasteiger partial charge in [-0.3, -0.25) is 4.98 Å². The maximum atomic E-state index is 12.8. The van der Waals surface area contributed by atoms with E-state index in [0.29, 0.717) is 6.54 Å². The highest BCUT2D eigenvalue weighted by atomic mass is 16.5. The SMILES string of the molecule is O=C(Nc1ccc2cccnc2c1)N1CCCO[C@@H](CN2CCCC2)C1. The number of pyridine rings is 1. The van der Waals surface area contributed by atoms with Crippen LogP contribution in [0.2, 0.25) is 0 Å². The van der Waals surface area contributed by atoms with Crippen molar-refractivity contribution in [2.24, 2.45) is 0 Å². The molecule has 138 valence electrons. The molecule has 2 amide bonds. The lowest BCUT2D eigenvalue weighted by atomic mass is 10.2. The van der Waals surface area contributed by atoms with E-state index in [1.54, 1.807) is 6.20 Å². The highest BCUT2D eigenvalue weighted by Crippen LogP contribution is 2.18. The van der Waals surface area contributed by atoms with Crippen LogP contribution in [0.4, 0.5) is 10.5 Å². The molecule has 2 fully saturated rings. The number of hydrogen-bond acceptors (Lipinski definition) is 4. The molecule has 1 aromatic carbocycles. The quantitative estimate of drug-likeness (QED) is 0.921. The van der Waals surface area contributed by atoms with Crippen molar-refractivity contribution < 1.29 is 9.53 Å². The average molecular weight is 354 g/mol. The van der Waals surface area contributed by atoms with Gasteiger partial charge in [-0.15, -0.1) is 0 Å². The van der Waals surface area contributed by atoms with Gasteiger partial charge in [-0.1, -0.05) is 12.1 Å². The van der Waals surface area contributed by atoms with Crippen LogP contribution >= 0.6 is 0 Å². The molecule has 0 radical (unpaired) electrons. The van der Waals surface area contributed by atoms with E-state index in [-0.39, 0.29) is 12.1 Å². The van der Waals surface area contributed by atoms with Gasteiger partial charge in [0.2, 0.25) is 0 Å². The number of carbonyl (C=O) groups is 1. The number of ether oxygens (including phenoxy) is 1. The minimum absolute atomic E-state index is 0.0581. The summed E-state index contributed by atoms with van der Waals surface area (Å²) in [6, 6.07) is 9.71. The van der Waals surface area contributed by atoms with Crippen molar-refractivity contribution in [1.82, 2.24) is 14.8 Å². The molecule has 3 heterocycles. The Labute approximate surface area is 154 Å². The predicted molar refractivity (Wildman–Crippen MR) is 102 cm³/mol. The fraction of sp³-hybridized carbons (Fsp3) is 0.500. The fourth-order valence-corrected chi connectivity index (χ4v) is 3.79. The second-order valence-electron chi connectivity index (χ2n) is 7.14. The first-order valence-corrected chi connectivity index (χ1v) is 9.52. The van der Waals surface area contributed by atoms with Gasteiger partial charge in [-0.2, -0.15) is 0 Å². The molecule has 6 heteroatoms. The lowest BCUT2D eigenvalue weighted by molar-refractivity contribution is 0.0355. The zero-order chi connectivity index (χ0) is 17.8. The molecule has 1 N–H and O–H groups in total. The minimum atomic E-state index is -0.0581. The van der Waals surface area contributed by atoms with Crippen molar-refractivity contribution >= 4 is 22.6 Å². The summed E-state index contributed by atoms with van der Waals surface area (Å²) >= 11 is 0. The van der Waals surface area contributed by atoms with Gasteiger partial charge in [-0.25, -0.2) is 4.79 Å². The number of fused-ring (bicyclic) bond motifs is 1. The molecule has 2 aromatic rings. The number of hydrogen-bond donors (Lipinski definition) is 1. The topological polar surface area (TPSA) is 57.7 Å². The molecule has 6 nitrogen and oxygen atoms in total. The number of carbonyl (C=O) groups excluding carboxylic acids is 1. The third-order valence-corrected chi connectivity index (χ3v) is 5.15. The summed E-state index contributed by atoms with van der Waals surface area (Å²) < 4.78 is 5.98. The summed E-state index contributed by atoms with van der Waals surface area (Å²) in [6.07, 6.45) is 5.28. The Morgan fingerprint density at radius 2 is 2.08 bits per heavy atom. The van der Waals surface area contributed by atoms with E-state index in [2.05, 4.69) is 15.2 Å². The molecule has 4 rings (SSSR count). The number of amides is 2. The molecule has 1 atom stereocenters. The largest absolute Gasteiger partial charge is 0.375 e. The Morgan fingerprint density at radius 1 is 1.19 bits per heavy atom. The standard InChI is InChI=1S/C20H26N4O2/c25-20(22-17-7-6-16-5-3-8-21-19(16)13-17)24-11-4-12-26-18(15-24)14-23-9-1-2-10-23/h3,5-8,13,18H,1-2,4,9-12,14-15H2,(H,22,25)/t18-/m0/s1. The van der Waals surface area contributed by atoms with E-state index < -0.39 is 0 Å². The maximum Gasteiger partial charge on any atom is 0.321 e. The van der Waals surface area contributed by atoms with Gasteiger partial charge in [0.25, 0.3) is 0 Å². The first-order valence-electron chi connectivity index (χ1n) is 9.52. The third-order valence-electron chi connectivity index (χ3n) is 5.15. The van der Waals surface area contributed by atoms with Crippen LogP contribution in [0.5, 0.6) is 0 Å². The summed E-state index contributed by atoms with van der Waals surface area (Å²) in [5.41, 5.74) is 1.67. The molecule has 1 aromatic heterocycles. The van der Waals surface area contributed by atoms with Gasteiger partial charge in [0.05, 0.1) is 11.6 Å². The molecular formula is C20H26N4O2. The number of rotatable bonds is 3. The Morgan fingerprint density at radius 3 is 2.96 bits per heavy atom. The van der Waals surface area contributed by atoms with E-state index in [1.165, 1.54) is 12.8 Å². The first-order chi connectivity index (χ1) is 12.8. The predicted octanol–water partition coefficient (Wildman–Crippen LogP) is 2.95. The number of urea groups is 1. The lowest BCUT2D eigenvalue weighted by Gasteiger charge is -2.27. The number of likely N-dealkylation sites (tertiary alicyclic amines) is 1. The Balaban J connectivity index is 1.40. The van der Waals surface area contributed by atoms with Gasteiger partial charge in [0.15, 0.2) is 0 Å². The molecule has 2 aliphatic heterocycles. The van der Waals surface area contributed by atoms with Crippen molar-refractivity contribution in [1.29, 1.82) is 0 Å². The highest BCUT2D eigenvalue weighted by Gasteiger charge is 2.25. The smallest absolute Gasteiger partial charge is 0.321 e. The molecular weight excluding hydrogens is 328 g/mol. The van der Waals surface area contributed by atoms with Crippen LogP contribution in [0.15, 0.2) is 36.5 Å². The summed E-state index contributed by atoms with van der Waals surface area (Å²) in [4.78, 5) is 21.5. The molecule has 0 bridgehead atoms. The second-order valence-corrected chi connectivity index (χ2v) is 7.14. The second kappa shape index (κ2) is 8.01. The highest BCUT2D eigenvalue weighted by molar-refractivity contribution is 5.92. The van der Waals surface area contributed by atoms with E-state index in [1.807, 2.05) is 35.2 Å². The van der Waals surface area contributed by atoms with Crippen LogP contribution in [-0.4, -0.2) is 66.2 Å². The van der Waals surface area contributed by atoms with Crippen molar-refractivity contribution in [2.45, 2.75) is 25.4 Å². The number of anilines is 1. The van der Waals surface area contributed by atoms with Crippen LogP contribution < -0.4 is 5.32 Å². The molecule has 0 aliphatic carbocycles. The van der Waals surface area contributed by atoms with Crippen molar-refractivity contribution in [2.75, 3.05) is 44.6 Å². The molecule has 0 saturated carbocycles. The van der Waals surface area contributed by atoms with Crippen molar-refractivity contribution in [3.63, 3.8) is 0 Å². The minimum Gasteiger partial charge on any atom is -0.375 e. The molecule has 2 saturated heterocycles. The maximum absolute atomic E-state index is 12.8. The number of aromatic nitrogens is 1. The Bertz CT molecular complexity index is 760. The van der Waals surface area contributed by atoms with E-state index in [9.17, 15) is 4.79 Å². The Hall–Kier alpha value is -2.18. The summed E-state index contributed by atoms with van der Waals surface area (Å²) in [5.74, 6) is 0. The first kappa shape index (κ1) is 17.2. The van der Waals surface area contributed by atoms with Crippen molar-refractivity contribution in [3.05, 3.63) is 36.5 Å². The average Bonchev–Trinajstić information content (AvgIpc) is 3.05. The molecule has 0 unspecified atom stereocenters. The van der Waals surface area contributed by atoms with Crippen molar-refractivity contribution in [3.8, 4) is 0 Å². The van der Waals surface area contributed by atoms with Crippen LogP contribution in [0.3, 0.4) is 0 Å². The van der Waals surface area contributed by atoms with E-state index in [4.69, 9.17) is 4.74 Å².